The van der Waals surface area contributed by atoms with Crippen LogP contribution in [-0.2, 0) is 14.3 Å². The molecule has 0 saturated carbocycles. The number of carboxylic acids is 1. The van der Waals surface area contributed by atoms with Crippen molar-refractivity contribution in [3.8, 4) is 11.8 Å². The predicted octanol–water partition coefficient (Wildman–Crippen LogP) is 2.04. The molecule has 1 rings (SSSR count). The summed E-state index contributed by atoms with van der Waals surface area (Å²) in [6.45, 7) is 2.05. The fraction of sp³-hybridized carbons (Fsp3) is 0.312. The van der Waals surface area contributed by atoms with E-state index in [1.807, 2.05) is 0 Å². The fourth-order valence-corrected chi connectivity index (χ4v) is 1.53. The van der Waals surface area contributed by atoms with Crippen molar-refractivity contribution in [2.45, 2.75) is 26.2 Å². The first-order valence-corrected chi connectivity index (χ1v) is 6.52. The Labute approximate surface area is 122 Å². The molecule has 1 aromatic carbocycles. The highest BCUT2D eigenvalue weighted by molar-refractivity contribution is 5.97. The molecule has 0 fully saturated rings. The van der Waals surface area contributed by atoms with Crippen LogP contribution in [0, 0.1) is 11.8 Å². The van der Waals surface area contributed by atoms with E-state index in [0.29, 0.717) is 17.7 Å². The van der Waals surface area contributed by atoms with Crippen molar-refractivity contribution in [1.82, 2.24) is 0 Å². The minimum atomic E-state index is -0.996. The number of ketones is 1. The highest BCUT2D eigenvalue weighted by Gasteiger charge is 2.07. The second-order valence-electron chi connectivity index (χ2n) is 4.18. The number of carboxylic acid groups (broad SMARTS) is 1. The molecule has 0 aromatic heterocycles. The molecule has 0 aliphatic carbocycles. The van der Waals surface area contributed by atoms with Crippen molar-refractivity contribution >= 4 is 17.7 Å². The summed E-state index contributed by atoms with van der Waals surface area (Å²) in [5.74, 6) is 3.90. The number of aliphatic carboxylic acids is 1. The molecule has 0 heterocycles. The number of hydrogen-bond acceptors (Lipinski definition) is 4. The van der Waals surface area contributed by atoms with Gasteiger partial charge < -0.3 is 9.84 Å². The van der Waals surface area contributed by atoms with E-state index in [9.17, 15) is 14.4 Å². The quantitative estimate of drug-likeness (QED) is 0.492. The van der Waals surface area contributed by atoms with Crippen LogP contribution in [0.15, 0.2) is 24.3 Å². The summed E-state index contributed by atoms with van der Waals surface area (Å²) in [6, 6.07) is 6.51. The van der Waals surface area contributed by atoms with Gasteiger partial charge in [0, 0.05) is 17.5 Å². The SMILES string of the molecule is CCOC(=O)CC#Cc1ccc(C(=O)CCC(=O)O)cc1. The van der Waals surface area contributed by atoms with Crippen LogP contribution >= 0.6 is 0 Å². The zero-order valence-corrected chi connectivity index (χ0v) is 11.7. The Balaban J connectivity index is 2.58. The van der Waals surface area contributed by atoms with Crippen LogP contribution in [0.1, 0.15) is 42.1 Å². The van der Waals surface area contributed by atoms with Gasteiger partial charge in [-0.05, 0) is 19.1 Å². The van der Waals surface area contributed by atoms with Crippen LogP contribution in [0.2, 0.25) is 0 Å². The number of carbonyl (C=O) groups is 3. The molecule has 0 saturated heterocycles. The highest BCUT2D eigenvalue weighted by atomic mass is 16.5. The van der Waals surface area contributed by atoms with Gasteiger partial charge in [-0.3, -0.25) is 14.4 Å². The van der Waals surface area contributed by atoms with E-state index in [1.165, 1.54) is 0 Å². The van der Waals surface area contributed by atoms with Gasteiger partial charge in [0.15, 0.2) is 5.78 Å². The normalized spacial score (nSPS) is 9.38. The summed E-state index contributed by atoms with van der Waals surface area (Å²) >= 11 is 0. The average molecular weight is 288 g/mol. The van der Waals surface area contributed by atoms with Crippen molar-refractivity contribution in [2.75, 3.05) is 6.61 Å². The highest BCUT2D eigenvalue weighted by Crippen LogP contribution is 2.07. The van der Waals surface area contributed by atoms with Crippen molar-refractivity contribution in [3.63, 3.8) is 0 Å². The maximum atomic E-state index is 11.7. The molecule has 0 spiro atoms. The third-order valence-electron chi connectivity index (χ3n) is 2.54. The molecular weight excluding hydrogens is 272 g/mol. The Bertz CT molecular complexity index is 575. The van der Waals surface area contributed by atoms with Crippen LogP contribution in [0.25, 0.3) is 0 Å². The summed E-state index contributed by atoms with van der Waals surface area (Å²) < 4.78 is 4.74. The van der Waals surface area contributed by atoms with Gasteiger partial charge in [0.05, 0.1) is 13.0 Å². The monoisotopic (exact) mass is 288 g/mol. The Morgan fingerprint density at radius 2 is 1.81 bits per heavy atom. The maximum Gasteiger partial charge on any atom is 0.317 e. The second kappa shape index (κ2) is 8.54. The van der Waals surface area contributed by atoms with Crippen LogP contribution in [0.3, 0.4) is 0 Å². The fourth-order valence-electron chi connectivity index (χ4n) is 1.53. The van der Waals surface area contributed by atoms with E-state index >= 15 is 0 Å². The first kappa shape index (κ1) is 16.4. The minimum absolute atomic E-state index is 0.0210. The standard InChI is InChI=1S/C16H16O5/c1-2-21-16(20)5-3-4-12-6-8-13(9-7-12)14(17)10-11-15(18)19/h6-9H,2,5,10-11H2,1H3,(H,18,19). The van der Waals surface area contributed by atoms with E-state index in [4.69, 9.17) is 9.84 Å². The summed E-state index contributed by atoms with van der Waals surface area (Å²) in [6.07, 6.45) is -0.184. The lowest BCUT2D eigenvalue weighted by Gasteiger charge is -1.99. The number of ether oxygens (including phenoxy) is 1. The molecule has 0 atom stereocenters. The zero-order valence-electron chi connectivity index (χ0n) is 11.7. The smallest absolute Gasteiger partial charge is 0.317 e. The Morgan fingerprint density at radius 3 is 2.38 bits per heavy atom. The number of rotatable bonds is 6. The number of benzene rings is 1. The maximum absolute atomic E-state index is 11.7. The third kappa shape index (κ3) is 6.39. The van der Waals surface area contributed by atoms with Crippen LogP contribution in [0.5, 0.6) is 0 Å². The van der Waals surface area contributed by atoms with Gasteiger partial charge in [-0.25, -0.2) is 0 Å². The lowest BCUT2D eigenvalue weighted by atomic mass is 10.0. The molecule has 5 heteroatoms. The van der Waals surface area contributed by atoms with Gasteiger partial charge in [-0.1, -0.05) is 24.0 Å². The molecule has 0 aliphatic heterocycles. The molecule has 5 nitrogen and oxygen atoms in total. The van der Waals surface area contributed by atoms with Crippen LogP contribution in [-0.4, -0.2) is 29.4 Å². The molecule has 1 N–H and O–H groups in total. The largest absolute Gasteiger partial charge is 0.481 e. The van der Waals surface area contributed by atoms with Gasteiger partial charge in [0.2, 0.25) is 0 Å². The van der Waals surface area contributed by atoms with E-state index in [-0.39, 0.29) is 31.0 Å². The number of carbonyl (C=O) groups excluding carboxylic acids is 2. The van der Waals surface area contributed by atoms with E-state index < -0.39 is 5.97 Å². The van der Waals surface area contributed by atoms with Crippen molar-refractivity contribution in [2.24, 2.45) is 0 Å². The molecule has 0 radical (unpaired) electrons. The molecule has 0 unspecified atom stereocenters. The Kier molecular flexibility index (Phi) is 6.69. The molecular formula is C16H16O5. The van der Waals surface area contributed by atoms with Crippen molar-refractivity contribution in [1.29, 1.82) is 0 Å². The summed E-state index contributed by atoms with van der Waals surface area (Å²) in [5, 5.41) is 8.53. The lowest BCUT2D eigenvalue weighted by molar-refractivity contribution is -0.142. The number of hydrogen-bond donors (Lipinski definition) is 1. The summed E-state index contributed by atoms with van der Waals surface area (Å²) in [4.78, 5) is 33.2. The summed E-state index contributed by atoms with van der Waals surface area (Å²) in [7, 11) is 0. The van der Waals surface area contributed by atoms with E-state index in [1.54, 1.807) is 31.2 Å². The number of esters is 1. The third-order valence-corrected chi connectivity index (χ3v) is 2.54. The second-order valence-corrected chi connectivity index (χ2v) is 4.18. The Hall–Kier alpha value is -2.61. The van der Waals surface area contributed by atoms with E-state index in [2.05, 4.69) is 11.8 Å². The Morgan fingerprint density at radius 1 is 1.14 bits per heavy atom. The van der Waals surface area contributed by atoms with Gasteiger partial charge in [-0.15, -0.1) is 0 Å². The topological polar surface area (TPSA) is 80.7 Å². The molecule has 0 aliphatic rings. The molecule has 21 heavy (non-hydrogen) atoms. The van der Waals surface area contributed by atoms with Gasteiger partial charge in [0.25, 0.3) is 0 Å². The molecule has 0 bridgehead atoms. The number of Topliss-reactive ketones (excluding diaryl/α,β-unsaturated/α-hetero) is 1. The van der Waals surface area contributed by atoms with Gasteiger partial charge in [0.1, 0.15) is 6.42 Å². The first-order chi connectivity index (χ1) is 10.0. The minimum Gasteiger partial charge on any atom is -0.481 e. The summed E-state index contributed by atoms with van der Waals surface area (Å²) in [5.41, 5.74) is 1.13. The van der Waals surface area contributed by atoms with Crippen LogP contribution < -0.4 is 0 Å². The van der Waals surface area contributed by atoms with Gasteiger partial charge >= 0.3 is 11.9 Å². The first-order valence-electron chi connectivity index (χ1n) is 6.52. The van der Waals surface area contributed by atoms with Crippen LogP contribution in [0.4, 0.5) is 0 Å². The molecule has 1 aromatic rings. The van der Waals surface area contributed by atoms with Crippen molar-refractivity contribution in [3.05, 3.63) is 35.4 Å². The molecule has 110 valence electrons. The van der Waals surface area contributed by atoms with Gasteiger partial charge in [-0.2, -0.15) is 0 Å². The van der Waals surface area contributed by atoms with Crippen molar-refractivity contribution < 1.29 is 24.2 Å². The lowest BCUT2D eigenvalue weighted by Crippen LogP contribution is -2.03. The zero-order chi connectivity index (χ0) is 15.7. The molecule has 0 amide bonds. The predicted molar refractivity (Wildman–Crippen MR) is 75.8 cm³/mol. The van der Waals surface area contributed by atoms with E-state index in [0.717, 1.165) is 0 Å². The average Bonchev–Trinajstić information content (AvgIpc) is 2.45.